The number of para-hydroxylation sites is 1. The number of pyridine rings is 1. The van der Waals surface area contributed by atoms with Crippen LogP contribution in [0.2, 0.25) is 0 Å². The van der Waals surface area contributed by atoms with Gasteiger partial charge in [0.2, 0.25) is 0 Å². The molecule has 0 bridgehead atoms. The molecular formula is C23H24N2O4. The van der Waals surface area contributed by atoms with Gasteiger partial charge in [0, 0.05) is 18.4 Å². The number of aliphatic hydroxyl groups excluding tert-OH is 1. The Bertz CT molecular complexity index is 948. The minimum Gasteiger partial charge on any atom is -0.507 e. The van der Waals surface area contributed by atoms with Gasteiger partial charge in [0.1, 0.15) is 11.5 Å². The van der Waals surface area contributed by atoms with Crippen LogP contribution in [-0.2, 0) is 9.59 Å². The molecule has 1 N–H and O–H groups in total. The SMILES string of the molecule is COc1ccccc1/C(O)=C1/C(=O)C(=O)N(C2CCCCC2)C1c1ccncc1. The molecule has 1 aromatic heterocycles. The zero-order chi connectivity index (χ0) is 20.4. The van der Waals surface area contributed by atoms with Crippen molar-refractivity contribution in [2.75, 3.05) is 7.11 Å². The van der Waals surface area contributed by atoms with E-state index in [4.69, 9.17) is 4.74 Å². The molecule has 2 heterocycles. The number of rotatable bonds is 4. The zero-order valence-electron chi connectivity index (χ0n) is 16.4. The van der Waals surface area contributed by atoms with Crippen molar-refractivity contribution in [2.45, 2.75) is 44.2 Å². The van der Waals surface area contributed by atoms with Gasteiger partial charge in [-0.1, -0.05) is 31.4 Å². The summed E-state index contributed by atoms with van der Waals surface area (Å²) in [5, 5.41) is 11.2. The largest absolute Gasteiger partial charge is 0.507 e. The fraction of sp³-hybridized carbons (Fsp3) is 0.348. The number of nitrogens with zero attached hydrogens (tertiary/aromatic N) is 2. The highest BCUT2D eigenvalue weighted by Gasteiger charge is 2.49. The Kier molecular flexibility index (Phi) is 5.34. The van der Waals surface area contributed by atoms with E-state index in [1.54, 1.807) is 53.7 Å². The lowest BCUT2D eigenvalue weighted by molar-refractivity contribution is -0.141. The number of carbonyl (C=O) groups is 2. The van der Waals surface area contributed by atoms with Gasteiger partial charge < -0.3 is 14.7 Å². The molecule has 1 saturated heterocycles. The number of ether oxygens (including phenoxy) is 1. The van der Waals surface area contributed by atoms with E-state index >= 15 is 0 Å². The lowest BCUT2D eigenvalue weighted by Crippen LogP contribution is -2.40. The maximum atomic E-state index is 13.1. The highest BCUT2D eigenvalue weighted by atomic mass is 16.5. The summed E-state index contributed by atoms with van der Waals surface area (Å²) in [6.45, 7) is 0. The summed E-state index contributed by atoms with van der Waals surface area (Å²) in [6, 6.07) is 9.89. The first-order valence-corrected chi connectivity index (χ1v) is 9.97. The Balaban J connectivity index is 1.89. The van der Waals surface area contributed by atoms with Crippen LogP contribution >= 0.6 is 0 Å². The number of likely N-dealkylation sites (tertiary alicyclic amines) is 1. The number of methoxy groups -OCH3 is 1. The van der Waals surface area contributed by atoms with Gasteiger partial charge in [0.05, 0.1) is 24.3 Å². The molecule has 0 radical (unpaired) electrons. The van der Waals surface area contributed by atoms with Gasteiger partial charge in [-0.25, -0.2) is 0 Å². The Morgan fingerprint density at radius 3 is 2.45 bits per heavy atom. The molecule has 4 rings (SSSR count). The minimum atomic E-state index is -0.652. The van der Waals surface area contributed by atoms with Crippen molar-refractivity contribution in [1.82, 2.24) is 9.88 Å². The molecule has 2 fully saturated rings. The van der Waals surface area contributed by atoms with E-state index in [0.717, 1.165) is 37.7 Å². The van der Waals surface area contributed by atoms with Crippen molar-refractivity contribution in [3.63, 3.8) is 0 Å². The number of aromatic nitrogens is 1. The van der Waals surface area contributed by atoms with Gasteiger partial charge in [-0.05, 0) is 42.7 Å². The number of hydrogen-bond acceptors (Lipinski definition) is 5. The fourth-order valence-electron chi connectivity index (χ4n) is 4.44. The topological polar surface area (TPSA) is 79.7 Å². The Labute approximate surface area is 169 Å². The van der Waals surface area contributed by atoms with Crippen LogP contribution in [0.5, 0.6) is 5.75 Å². The van der Waals surface area contributed by atoms with E-state index in [2.05, 4.69) is 4.98 Å². The number of aliphatic hydroxyl groups is 1. The van der Waals surface area contributed by atoms with Gasteiger partial charge in [-0.15, -0.1) is 0 Å². The van der Waals surface area contributed by atoms with Crippen LogP contribution in [-0.4, -0.2) is 39.8 Å². The molecule has 1 saturated carbocycles. The van der Waals surface area contributed by atoms with Crippen molar-refractivity contribution in [2.24, 2.45) is 0 Å². The van der Waals surface area contributed by atoms with Crippen LogP contribution in [0.1, 0.15) is 49.3 Å². The third-order valence-corrected chi connectivity index (χ3v) is 5.83. The second-order valence-corrected chi connectivity index (χ2v) is 7.48. The van der Waals surface area contributed by atoms with Crippen LogP contribution in [0.3, 0.4) is 0 Å². The number of ketones is 1. The van der Waals surface area contributed by atoms with Crippen molar-refractivity contribution in [3.8, 4) is 5.75 Å². The lowest BCUT2D eigenvalue weighted by atomic mass is 9.91. The van der Waals surface area contributed by atoms with Crippen LogP contribution in [0.25, 0.3) is 5.76 Å². The molecular weight excluding hydrogens is 368 g/mol. The number of hydrogen-bond donors (Lipinski definition) is 1. The third-order valence-electron chi connectivity index (χ3n) is 5.83. The predicted molar refractivity (Wildman–Crippen MR) is 108 cm³/mol. The highest BCUT2D eigenvalue weighted by molar-refractivity contribution is 6.46. The van der Waals surface area contributed by atoms with Gasteiger partial charge in [0.15, 0.2) is 0 Å². The number of Topliss-reactive ketones (excluding diaryl/α,β-unsaturated/α-hetero) is 1. The Hall–Kier alpha value is -3.15. The second kappa shape index (κ2) is 8.07. The molecule has 29 heavy (non-hydrogen) atoms. The Morgan fingerprint density at radius 1 is 1.07 bits per heavy atom. The quantitative estimate of drug-likeness (QED) is 0.486. The van der Waals surface area contributed by atoms with Gasteiger partial charge in [0.25, 0.3) is 11.7 Å². The summed E-state index contributed by atoms with van der Waals surface area (Å²) in [7, 11) is 1.51. The normalized spacial score (nSPS) is 22.1. The first kappa shape index (κ1) is 19.2. The smallest absolute Gasteiger partial charge is 0.295 e. The molecule has 1 aromatic carbocycles. The number of carbonyl (C=O) groups excluding carboxylic acids is 2. The van der Waals surface area contributed by atoms with Gasteiger partial charge in [-0.2, -0.15) is 0 Å². The molecule has 6 nitrogen and oxygen atoms in total. The van der Waals surface area contributed by atoms with Gasteiger partial charge >= 0.3 is 0 Å². The highest BCUT2D eigenvalue weighted by Crippen LogP contribution is 2.43. The van der Waals surface area contributed by atoms with E-state index in [0.29, 0.717) is 11.3 Å². The predicted octanol–water partition coefficient (Wildman–Crippen LogP) is 3.84. The fourth-order valence-corrected chi connectivity index (χ4v) is 4.44. The van der Waals surface area contributed by atoms with Crippen LogP contribution in [0.15, 0.2) is 54.4 Å². The summed E-state index contributed by atoms with van der Waals surface area (Å²) < 4.78 is 5.36. The van der Waals surface area contributed by atoms with Crippen molar-refractivity contribution >= 4 is 17.4 Å². The first-order valence-electron chi connectivity index (χ1n) is 9.97. The van der Waals surface area contributed by atoms with Crippen LogP contribution in [0.4, 0.5) is 0 Å². The molecule has 2 aliphatic rings. The molecule has 1 aliphatic heterocycles. The molecule has 1 amide bonds. The monoisotopic (exact) mass is 392 g/mol. The molecule has 1 unspecified atom stereocenters. The van der Waals surface area contributed by atoms with E-state index in [1.807, 2.05) is 0 Å². The average molecular weight is 392 g/mol. The van der Waals surface area contributed by atoms with Crippen molar-refractivity contribution in [3.05, 3.63) is 65.5 Å². The molecule has 1 aliphatic carbocycles. The van der Waals surface area contributed by atoms with E-state index in [9.17, 15) is 14.7 Å². The number of benzene rings is 1. The average Bonchev–Trinajstić information content (AvgIpc) is 3.05. The number of amides is 1. The minimum absolute atomic E-state index is 0.0127. The Morgan fingerprint density at radius 2 is 1.76 bits per heavy atom. The second-order valence-electron chi connectivity index (χ2n) is 7.48. The summed E-state index contributed by atoms with van der Waals surface area (Å²) in [4.78, 5) is 31.9. The maximum absolute atomic E-state index is 13.1. The zero-order valence-corrected chi connectivity index (χ0v) is 16.4. The lowest BCUT2D eigenvalue weighted by Gasteiger charge is -2.35. The van der Waals surface area contributed by atoms with E-state index in [-0.39, 0.29) is 17.4 Å². The van der Waals surface area contributed by atoms with E-state index in [1.165, 1.54) is 7.11 Å². The van der Waals surface area contributed by atoms with E-state index < -0.39 is 17.7 Å². The molecule has 1 atom stereocenters. The van der Waals surface area contributed by atoms with Gasteiger partial charge in [-0.3, -0.25) is 14.6 Å². The molecule has 0 spiro atoms. The first-order chi connectivity index (χ1) is 14.1. The van der Waals surface area contributed by atoms with Crippen molar-refractivity contribution in [1.29, 1.82) is 0 Å². The molecule has 6 heteroatoms. The summed E-state index contributed by atoms with van der Waals surface area (Å²) >= 11 is 0. The van der Waals surface area contributed by atoms with Crippen molar-refractivity contribution < 1.29 is 19.4 Å². The molecule has 150 valence electrons. The summed E-state index contributed by atoms with van der Waals surface area (Å²) in [5.74, 6) is -0.959. The standard InChI is InChI=1S/C23H24N2O4/c1-29-18-10-6-5-9-17(18)21(26)19-20(15-11-13-24-14-12-15)25(23(28)22(19)27)16-7-3-2-4-8-16/h5-6,9-14,16,20,26H,2-4,7-8H2,1H3/b21-19-. The maximum Gasteiger partial charge on any atom is 0.295 e. The third kappa shape index (κ3) is 3.39. The van der Waals surface area contributed by atoms with Crippen LogP contribution in [0, 0.1) is 0 Å². The molecule has 2 aromatic rings. The summed E-state index contributed by atoms with van der Waals surface area (Å²) in [6.07, 6.45) is 8.21. The summed E-state index contributed by atoms with van der Waals surface area (Å²) in [5.41, 5.74) is 1.27. The van der Waals surface area contributed by atoms with Crippen LogP contribution < -0.4 is 4.74 Å².